The average Bonchev–Trinajstić information content (AvgIpc) is 2.55. The molecular weight excluding hydrogens is 412 g/mol. The highest BCUT2D eigenvalue weighted by molar-refractivity contribution is 9.10. The van der Waals surface area contributed by atoms with E-state index in [4.69, 9.17) is 11.6 Å². The fraction of sp³-hybridized carbons (Fsp3) is 0.294. The second-order valence-corrected chi connectivity index (χ2v) is 8.72. The van der Waals surface area contributed by atoms with Crippen LogP contribution in [0.15, 0.2) is 51.8 Å². The molecule has 0 atom stereocenters. The van der Waals surface area contributed by atoms with Crippen LogP contribution in [0.25, 0.3) is 0 Å². The number of nitrogens with one attached hydrogen (secondary N) is 1. The summed E-state index contributed by atoms with van der Waals surface area (Å²) in [4.78, 5) is 2.30. The molecule has 0 bridgehead atoms. The van der Waals surface area contributed by atoms with Gasteiger partial charge >= 0.3 is 0 Å². The van der Waals surface area contributed by atoms with Crippen molar-refractivity contribution >= 4 is 48.9 Å². The summed E-state index contributed by atoms with van der Waals surface area (Å²) in [6.45, 7) is 1.88. The van der Waals surface area contributed by atoms with E-state index in [1.807, 2.05) is 18.2 Å². The molecule has 4 nitrogen and oxygen atoms in total. The highest BCUT2D eigenvalue weighted by Crippen LogP contribution is 2.32. The van der Waals surface area contributed by atoms with E-state index in [0.717, 1.165) is 36.1 Å². The molecule has 0 radical (unpaired) electrons. The van der Waals surface area contributed by atoms with E-state index in [1.165, 1.54) is 12.5 Å². The summed E-state index contributed by atoms with van der Waals surface area (Å²) < 4.78 is 28.9. The van der Waals surface area contributed by atoms with Crippen LogP contribution in [0.5, 0.6) is 0 Å². The number of para-hydroxylation sites is 2. The Morgan fingerprint density at radius 1 is 1.04 bits per heavy atom. The number of hydrogen-bond donors (Lipinski definition) is 1. The molecule has 0 spiro atoms. The molecule has 7 heteroatoms. The van der Waals surface area contributed by atoms with E-state index in [1.54, 1.807) is 18.2 Å². The van der Waals surface area contributed by atoms with Crippen molar-refractivity contribution in [3.05, 3.63) is 52.0 Å². The van der Waals surface area contributed by atoms with Crippen molar-refractivity contribution in [2.24, 2.45) is 0 Å². The van der Waals surface area contributed by atoms with Gasteiger partial charge in [0.25, 0.3) is 10.0 Å². The monoisotopic (exact) mass is 428 g/mol. The van der Waals surface area contributed by atoms with Crippen molar-refractivity contribution in [1.29, 1.82) is 0 Å². The largest absolute Gasteiger partial charge is 0.370 e. The van der Waals surface area contributed by atoms with Crippen molar-refractivity contribution < 1.29 is 8.42 Å². The first-order chi connectivity index (χ1) is 11.5. The Morgan fingerprint density at radius 3 is 2.46 bits per heavy atom. The van der Waals surface area contributed by atoms with E-state index in [-0.39, 0.29) is 9.92 Å². The molecular formula is C17H18BrClN2O2S. The number of anilines is 2. The topological polar surface area (TPSA) is 49.4 Å². The predicted octanol–water partition coefficient (Wildman–Crippen LogP) is 4.89. The van der Waals surface area contributed by atoms with Crippen LogP contribution in [0.2, 0.25) is 5.02 Å². The highest BCUT2D eigenvalue weighted by atomic mass is 79.9. The molecule has 1 aliphatic heterocycles. The Hall–Kier alpha value is -1.24. The van der Waals surface area contributed by atoms with E-state index >= 15 is 0 Å². The van der Waals surface area contributed by atoms with Crippen molar-refractivity contribution in [2.75, 3.05) is 22.7 Å². The Kier molecular flexibility index (Phi) is 5.37. The Morgan fingerprint density at radius 2 is 1.75 bits per heavy atom. The lowest BCUT2D eigenvalue weighted by atomic mass is 10.1. The minimum atomic E-state index is -3.75. The van der Waals surface area contributed by atoms with E-state index in [0.29, 0.717) is 5.69 Å². The van der Waals surface area contributed by atoms with Crippen LogP contribution < -0.4 is 9.62 Å². The maximum atomic E-state index is 12.7. The first kappa shape index (κ1) is 17.6. The fourth-order valence-corrected chi connectivity index (χ4v) is 4.98. The SMILES string of the molecule is O=S(=O)(Nc1ccccc1N1CCCCC1)c1ccc(Br)cc1Cl. The normalized spacial score (nSPS) is 15.3. The van der Waals surface area contributed by atoms with Crippen LogP contribution in [-0.4, -0.2) is 21.5 Å². The molecule has 3 rings (SSSR count). The third kappa shape index (κ3) is 3.87. The van der Waals surface area contributed by atoms with Gasteiger partial charge in [-0.15, -0.1) is 0 Å². The lowest BCUT2D eigenvalue weighted by Crippen LogP contribution is -2.30. The van der Waals surface area contributed by atoms with Gasteiger partial charge in [-0.25, -0.2) is 8.42 Å². The zero-order chi connectivity index (χ0) is 17.2. The van der Waals surface area contributed by atoms with E-state index in [9.17, 15) is 8.42 Å². The van der Waals surface area contributed by atoms with Gasteiger partial charge in [-0.05, 0) is 49.6 Å². The average molecular weight is 430 g/mol. The van der Waals surface area contributed by atoms with Gasteiger partial charge in [0.15, 0.2) is 0 Å². The van der Waals surface area contributed by atoms with Crippen LogP contribution in [0, 0.1) is 0 Å². The van der Waals surface area contributed by atoms with Gasteiger partial charge in [0.05, 0.1) is 16.4 Å². The lowest BCUT2D eigenvalue weighted by molar-refractivity contribution is 0.578. The number of hydrogen-bond acceptors (Lipinski definition) is 3. The van der Waals surface area contributed by atoms with Gasteiger partial charge in [0.1, 0.15) is 4.90 Å². The minimum Gasteiger partial charge on any atom is -0.370 e. The van der Waals surface area contributed by atoms with Gasteiger partial charge in [-0.3, -0.25) is 4.72 Å². The molecule has 2 aromatic rings. The summed E-state index contributed by atoms with van der Waals surface area (Å²) in [6.07, 6.45) is 3.47. The summed E-state index contributed by atoms with van der Waals surface area (Å²) >= 11 is 9.40. The molecule has 24 heavy (non-hydrogen) atoms. The summed E-state index contributed by atoms with van der Waals surface area (Å²) in [5.74, 6) is 0. The first-order valence-electron chi connectivity index (χ1n) is 7.79. The van der Waals surface area contributed by atoms with Crippen LogP contribution in [0.1, 0.15) is 19.3 Å². The number of rotatable bonds is 4. The molecule has 0 unspecified atom stereocenters. The van der Waals surface area contributed by atoms with Crippen molar-refractivity contribution in [2.45, 2.75) is 24.2 Å². The number of halogens is 2. The Balaban J connectivity index is 1.93. The van der Waals surface area contributed by atoms with Gasteiger partial charge in [-0.2, -0.15) is 0 Å². The maximum Gasteiger partial charge on any atom is 0.263 e. The zero-order valence-electron chi connectivity index (χ0n) is 13.0. The molecule has 0 saturated carbocycles. The summed E-state index contributed by atoms with van der Waals surface area (Å²) in [6, 6.07) is 12.2. The zero-order valence-corrected chi connectivity index (χ0v) is 16.2. The van der Waals surface area contributed by atoms with Crippen molar-refractivity contribution in [3.63, 3.8) is 0 Å². The standard InChI is InChI=1S/C17H18BrClN2O2S/c18-13-8-9-17(14(19)12-13)24(22,23)20-15-6-2-3-7-16(15)21-10-4-1-5-11-21/h2-3,6-9,12,20H,1,4-5,10-11H2. The number of piperidine rings is 1. The molecule has 1 aliphatic rings. The van der Waals surface area contributed by atoms with Gasteiger partial charge < -0.3 is 4.90 Å². The van der Waals surface area contributed by atoms with Crippen LogP contribution in [0.3, 0.4) is 0 Å². The predicted molar refractivity (Wildman–Crippen MR) is 102 cm³/mol. The van der Waals surface area contributed by atoms with E-state index < -0.39 is 10.0 Å². The van der Waals surface area contributed by atoms with Gasteiger partial charge in [-0.1, -0.05) is 39.7 Å². The Bertz CT molecular complexity index is 836. The highest BCUT2D eigenvalue weighted by Gasteiger charge is 2.21. The smallest absolute Gasteiger partial charge is 0.263 e. The summed E-state index contributed by atoms with van der Waals surface area (Å²) in [5.41, 5.74) is 1.49. The van der Waals surface area contributed by atoms with Crippen LogP contribution >= 0.6 is 27.5 Å². The van der Waals surface area contributed by atoms with Gasteiger partial charge in [0, 0.05) is 17.6 Å². The molecule has 1 heterocycles. The van der Waals surface area contributed by atoms with Gasteiger partial charge in [0.2, 0.25) is 0 Å². The van der Waals surface area contributed by atoms with Crippen LogP contribution in [-0.2, 0) is 10.0 Å². The molecule has 0 amide bonds. The second-order valence-electron chi connectivity index (χ2n) is 5.75. The Labute approximate surface area is 156 Å². The third-order valence-electron chi connectivity index (χ3n) is 4.03. The molecule has 1 N–H and O–H groups in total. The van der Waals surface area contributed by atoms with Crippen molar-refractivity contribution in [1.82, 2.24) is 0 Å². The number of nitrogens with zero attached hydrogens (tertiary/aromatic N) is 1. The summed E-state index contributed by atoms with van der Waals surface area (Å²) in [7, 11) is -3.75. The number of benzene rings is 2. The quantitative estimate of drug-likeness (QED) is 0.752. The van der Waals surface area contributed by atoms with Crippen molar-refractivity contribution in [3.8, 4) is 0 Å². The first-order valence-corrected chi connectivity index (χ1v) is 10.4. The lowest BCUT2D eigenvalue weighted by Gasteiger charge is -2.30. The molecule has 1 saturated heterocycles. The third-order valence-corrected chi connectivity index (χ3v) is 6.37. The molecule has 1 fully saturated rings. The van der Waals surface area contributed by atoms with Crippen LogP contribution in [0.4, 0.5) is 11.4 Å². The maximum absolute atomic E-state index is 12.7. The van der Waals surface area contributed by atoms with E-state index in [2.05, 4.69) is 25.6 Å². The molecule has 2 aromatic carbocycles. The molecule has 0 aliphatic carbocycles. The minimum absolute atomic E-state index is 0.0702. The number of sulfonamides is 1. The fourth-order valence-electron chi connectivity index (χ4n) is 2.86. The summed E-state index contributed by atoms with van der Waals surface area (Å²) in [5, 5.41) is 0.187. The molecule has 0 aromatic heterocycles. The molecule has 128 valence electrons. The second kappa shape index (κ2) is 7.33.